The Morgan fingerprint density at radius 3 is 2.54 bits per heavy atom. The standard InChI is InChI=1S/C18H15BrFNO4S/c19-14-6-7-16(15(9-14)18(23)13-4-2-1-3-5-13)21-10-12(8-17(21)22)11-26(20,24)25/h1-7,9,12H,8,10-11H2. The van der Waals surface area contributed by atoms with E-state index < -0.39 is 21.9 Å². The summed E-state index contributed by atoms with van der Waals surface area (Å²) in [6.07, 6.45) is -0.0712. The third-order valence-electron chi connectivity index (χ3n) is 4.17. The lowest BCUT2D eigenvalue weighted by molar-refractivity contribution is -0.117. The molecule has 1 amide bonds. The summed E-state index contributed by atoms with van der Waals surface area (Å²) in [5, 5.41) is 0. The smallest absolute Gasteiger partial charge is 0.302 e. The van der Waals surface area contributed by atoms with E-state index in [1.54, 1.807) is 48.5 Å². The molecule has 8 heteroatoms. The highest BCUT2D eigenvalue weighted by molar-refractivity contribution is 9.10. The Hall–Kier alpha value is -2.06. The number of rotatable bonds is 5. The van der Waals surface area contributed by atoms with Crippen LogP contribution in [0.15, 0.2) is 53.0 Å². The van der Waals surface area contributed by atoms with Crippen molar-refractivity contribution in [1.82, 2.24) is 0 Å². The number of carbonyl (C=O) groups is 2. The fourth-order valence-corrected chi connectivity index (χ4v) is 4.23. The highest BCUT2D eigenvalue weighted by Crippen LogP contribution is 2.32. The molecule has 0 saturated carbocycles. The van der Waals surface area contributed by atoms with Gasteiger partial charge in [-0.1, -0.05) is 46.3 Å². The second kappa shape index (κ2) is 7.28. The Labute approximate surface area is 159 Å². The summed E-state index contributed by atoms with van der Waals surface area (Å²) in [6, 6.07) is 13.6. The summed E-state index contributed by atoms with van der Waals surface area (Å²) in [4.78, 5) is 26.6. The average molecular weight is 440 g/mol. The van der Waals surface area contributed by atoms with Crippen LogP contribution >= 0.6 is 15.9 Å². The van der Waals surface area contributed by atoms with Crippen molar-refractivity contribution < 1.29 is 21.9 Å². The fourth-order valence-electron chi connectivity index (χ4n) is 3.08. The van der Waals surface area contributed by atoms with Gasteiger partial charge < -0.3 is 4.90 Å². The van der Waals surface area contributed by atoms with Crippen molar-refractivity contribution in [2.24, 2.45) is 5.92 Å². The Bertz CT molecular complexity index is 962. The van der Waals surface area contributed by atoms with E-state index in [-0.39, 0.29) is 24.7 Å². The van der Waals surface area contributed by atoms with E-state index in [1.165, 1.54) is 4.90 Å². The maximum absolute atomic E-state index is 13.0. The van der Waals surface area contributed by atoms with Gasteiger partial charge in [0.15, 0.2) is 5.78 Å². The predicted octanol–water partition coefficient (Wildman–Crippen LogP) is 3.33. The number of hydrogen-bond donors (Lipinski definition) is 0. The number of benzene rings is 2. The number of nitrogens with zero attached hydrogens (tertiary/aromatic N) is 1. The van der Waals surface area contributed by atoms with Crippen LogP contribution in [0.25, 0.3) is 0 Å². The highest BCUT2D eigenvalue weighted by Gasteiger charge is 2.35. The zero-order valence-electron chi connectivity index (χ0n) is 13.6. The van der Waals surface area contributed by atoms with Crippen molar-refractivity contribution in [3.05, 3.63) is 64.1 Å². The third kappa shape index (κ3) is 4.19. The molecule has 1 aliphatic heterocycles. The van der Waals surface area contributed by atoms with Crippen LogP contribution < -0.4 is 4.90 Å². The van der Waals surface area contributed by atoms with Gasteiger partial charge >= 0.3 is 10.2 Å². The zero-order valence-corrected chi connectivity index (χ0v) is 16.0. The number of anilines is 1. The summed E-state index contributed by atoms with van der Waals surface area (Å²) < 4.78 is 35.4. The molecule has 0 N–H and O–H groups in total. The Kier molecular flexibility index (Phi) is 5.24. The lowest BCUT2D eigenvalue weighted by atomic mass is 10.0. The van der Waals surface area contributed by atoms with Crippen molar-refractivity contribution in [2.75, 3.05) is 17.2 Å². The van der Waals surface area contributed by atoms with Crippen LogP contribution in [0, 0.1) is 5.92 Å². The first-order chi connectivity index (χ1) is 12.2. The molecule has 0 bridgehead atoms. The molecule has 0 radical (unpaired) electrons. The fraction of sp³-hybridized carbons (Fsp3) is 0.222. The number of hydrogen-bond acceptors (Lipinski definition) is 4. The first-order valence-corrected chi connectivity index (χ1v) is 10.2. The van der Waals surface area contributed by atoms with Crippen molar-refractivity contribution >= 4 is 43.5 Å². The maximum Gasteiger partial charge on any atom is 0.302 e. The molecule has 1 aliphatic rings. The predicted molar refractivity (Wildman–Crippen MR) is 99.4 cm³/mol. The van der Waals surface area contributed by atoms with Gasteiger partial charge in [-0.15, -0.1) is 3.89 Å². The summed E-state index contributed by atoms with van der Waals surface area (Å²) in [6.45, 7) is 0.0543. The van der Waals surface area contributed by atoms with Crippen molar-refractivity contribution in [2.45, 2.75) is 6.42 Å². The number of amides is 1. The molecule has 1 saturated heterocycles. The molecule has 0 spiro atoms. The van der Waals surface area contributed by atoms with E-state index in [0.29, 0.717) is 21.3 Å². The largest absolute Gasteiger partial charge is 0.311 e. The van der Waals surface area contributed by atoms with Gasteiger partial charge in [-0.2, -0.15) is 8.42 Å². The van der Waals surface area contributed by atoms with Crippen LogP contribution in [0.3, 0.4) is 0 Å². The molecule has 0 aliphatic carbocycles. The minimum atomic E-state index is -4.67. The first kappa shape index (κ1) is 18.7. The topological polar surface area (TPSA) is 71.5 Å². The minimum Gasteiger partial charge on any atom is -0.311 e. The average Bonchev–Trinajstić information content (AvgIpc) is 2.93. The van der Waals surface area contributed by atoms with Gasteiger partial charge in [-0.3, -0.25) is 9.59 Å². The lowest BCUT2D eigenvalue weighted by Crippen LogP contribution is -2.27. The van der Waals surface area contributed by atoms with Gasteiger partial charge in [0.25, 0.3) is 0 Å². The van der Waals surface area contributed by atoms with Crippen LogP contribution in [-0.2, 0) is 15.0 Å². The van der Waals surface area contributed by atoms with Gasteiger partial charge in [-0.05, 0) is 18.2 Å². The summed E-state index contributed by atoms with van der Waals surface area (Å²) in [5.41, 5.74) is 1.19. The minimum absolute atomic E-state index is 0.0543. The summed E-state index contributed by atoms with van der Waals surface area (Å²) in [7, 11) is -4.67. The van der Waals surface area contributed by atoms with Crippen LogP contribution in [0.2, 0.25) is 0 Å². The molecule has 2 aromatic rings. The number of ketones is 1. The third-order valence-corrected chi connectivity index (χ3v) is 5.53. The van der Waals surface area contributed by atoms with Crippen LogP contribution in [-0.4, -0.2) is 32.4 Å². The molecule has 1 unspecified atom stereocenters. The van der Waals surface area contributed by atoms with E-state index >= 15 is 0 Å². The van der Waals surface area contributed by atoms with Crippen LogP contribution in [0.1, 0.15) is 22.3 Å². The molecular weight excluding hydrogens is 425 g/mol. The molecule has 1 atom stereocenters. The SMILES string of the molecule is O=C(c1ccccc1)c1cc(Br)ccc1N1CC(CS(=O)(=O)F)CC1=O. The summed E-state index contributed by atoms with van der Waals surface area (Å²) >= 11 is 3.33. The Morgan fingerprint density at radius 1 is 1.19 bits per heavy atom. The van der Waals surface area contributed by atoms with Crippen molar-refractivity contribution in [3.63, 3.8) is 0 Å². The van der Waals surface area contributed by atoms with Gasteiger partial charge in [0, 0.05) is 34.5 Å². The lowest BCUT2D eigenvalue weighted by Gasteiger charge is -2.20. The normalized spacial score (nSPS) is 17.5. The molecule has 3 rings (SSSR count). The van der Waals surface area contributed by atoms with Gasteiger partial charge in [0.05, 0.1) is 11.4 Å². The van der Waals surface area contributed by atoms with Crippen LogP contribution in [0.5, 0.6) is 0 Å². The Balaban J connectivity index is 1.96. The van der Waals surface area contributed by atoms with Crippen molar-refractivity contribution in [3.8, 4) is 0 Å². The molecule has 2 aromatic carbocycles. The molecule has 136 valence electrons. The van der Waals surface area contributed by atoms with Gasteiger partial charge in [0.2, 0.25) is 5.91 Å². The molecule has 0 aromatic heterocycles. The van der Waals surface area contributed by atoms with E-state index in [9.17, 15) is 21.9 Å². The molecule has 1 fully saturated rings. The van der Waals surface area contributed by atoms with E-state index in [2.05, 4.69) is 15.9 Å². The summed E-state index contributed by atoms with van der Waals surface area (Å²) in [5.74, 6) is -1.92. The maximum atomic E-state index is 13.0. The zero-order chi connectivity index (χ0) is 18.9. The van der Waals surface area contributed by atoms with Gasteiger partial charge in [0.1, 0.15) is 0 Å². The number of halogens is 2. The Morgan fingerprint density at radius 2 is 1.88 bits per heavy atom. The second-order valence-electron chi connectivity index (χ2n) is 6.14. The molecular formula is C18H15BrFNO4S. The van der Waals surface area contributed by atoms with Crippen molar-refractivity contribution in [1.29, 1.82) is 0 Å². The highest BCUT2D eigenvalue weighted by atomic mass is 79.9. The van der Waals surface area contributed by atoms with E-state index in [0.717, 1.165) is 0 Å². The monoisotopic (exact) mass is 439 g/mol. The van der Waals surface area contributed by atoms with E-state index in [1.807, 2.05) is 0 Å². The second-order valence-corrected chi connectivity index (χ2v) is 8.46. The number of carbonyl (C=O) groups excluding carboxylic acids is 2. The van der Waals surface area contributed by atoms with E-state index in [4.69, 9.17) is 0 Å². The van der Waals surface area contributed by atoms with Gasteiger partial charge in [-0.25, -0.2) is 0 Å². The first-order valence-electron chi connectivity index (χ1n) is 7.86. The molecule has 1 heterocycles. The quantitative estimate of drug-likeness (QED) is 0.528. The molecule has 5 nitrogen and oxygen atoms in total. The molecule has 26 heavy (non-hydrogen) atoms. The van der Waals surface area contributed by atoms with Crippen LogP contribution in [0.4, 0.5) is 9.57 Å².